The predicted octanol–water partition coefficient (Wildman–Crippen LogP) is 2.41. The number of hydrogen-bond donors (Lipinski definition) is 3. The van der Waals surface area contributed by atoms with Crippen LogP contribution in [0.5, 0.6) is 5.75 Å². The first-order chi connectivity index (χ1) is 17.2. The van der Waals surface area contributed by atoms with Crippen LogP contribution in [0.15, 0.2) is 46.1 Å². The second-order valence-corrected chi connectivity index (χ2v) is 11.8. The van der Waals surface area contributed by atoms with Gasteiger partial charge in [-0.05, 0) is 39.8 Å². The summed E-state index contributed by atoms with van der Waals surface area (Å²) in [5, 5.41) is 13.2. The second kappa shape index (κ2) is 11.7. The summed E-state index contributed by atoms with van der Waals surface area (Å²) in [5.41, 5.74) is -1.30. The Morgan fingerprint density at radius 3 is 2.54 bits per heavy atom. The van der Waals surface area contributed by atoms with E-state index in [-0.39, 0.29) is 11.3 Å². The number of alkyl halides is 2. The molecule has 12 nitrogen and oxygen atoms in total. The molecule has 2 aromatic rings. The van der Waals surface area contributed by atoms with Crippen molar-refractivity contribution in [2.45, 2.75) is 62.6 Å². The number of carbonyl (C=O) groups excluding carboxylic acids is 1. The molecule has 37 heavy (non-hydrogen) atoms. The molecule has 2 unspecified atom stereocenters. The van der Waals surface area contributed by atoms with E-state index in [4.69, 9.17) is 41.7 Å². The number of nitrogens with zero attached hydrogens (tertiary/aromatic N) is 1. The Hall–Kier alpha value is -2.18. The number of para-hydroxylation sites is 1. The van der Waals surface area contributed by atoms with Gasteiger partial charge in [0, 0.05) is 11.8 Å². The molecule has 15 heteroatoms. The first-order valence-corrected chi connectivity index (χ1v) is 13.5. The molecule has 0 aliphatic carbocycles. The van der Waals surface area contributed by atoms with E-state index in [0.717, 1.165) is 4.57 Å². The summed E-state index contributed by atoms with van der Waals surface area (Å²) in [5.74, 6) is -0.520. The fourth-order valence-corrected chi connectivity index (χ4v) is 5.47. The zero-order valence-electron chi connectivity index (χ0n) is 20.4. The van der Waals surface area contributed by atoms with Gasteiger partial charge in [0.1, 0.15) is 24.0 Å². The smallest absolute Gasteiger partial charge is 0.459 e. The van der Waals surface area contributed by atoms with Crippen molar-refractivity contribution in [2.75, 3.05) is 6.61 Å². The van der Waals surface area contributed by atoms with Gasteiger partial charge in [-0.15, -0.1) is 0 Å². The van der Waals surface area contributed by atoms with Gasteiger partial charge in [0.05, 0.1) is 12.7 Å². The highest BCUT2D eigenvalue weighted by molar-refractivity contribution is 7.52. The van der Waals surface area contributed by atoms with Crippen LogP contribution in [-0.4, -0.2) is 55.9 Å². The van der Waals surface area contributed by atoms with E-state index in [1.54, 1.807) is 32.0 Å². The zero-order chi connectivity index (χ0) is 27.5. The molecule has 2 heterocycles. The third kappa shape index (κ3) is 7.02. The summed E-state index contributed by atoms with van der Waals surface area (Å²) in [4.78, 5) is 38.5. The van der Waals surface area contributed by atoms with Gasteiger partial charge >= 0.3 is 19.4 Å². The predicted molar refractivity (Wildman–Crippen MR) is 135 cm³/mol. The standard InChI is InChI=1S/C22H28Cl2N3O9P/c1-12(2)34-19(30)14(4)26-37(32,36-15-8-6-5-7-9-15)33-11-16-17(28)22(23,24)20(35-16)27-10-13(3)18(29)25-21(27)31/h5-10,12,14,16-17,20,28H,11H2,1-4H3,(H,26,32)(H,25,29,31)/t14?,16-,17-,20-,37?/m1/s1. The number of hydrogen-bond acceptors (Lipinski definition) is 9. The van der Waals surface area contributed by atoms with Crippen molar-refractivity contribution >= 4 is 36.9 Å². The van der Waals surface area contributed by atoms with Crippen LogP contribution in [0.1, 0.15) is 32.6 Å². The Labute approximate surface area is 222 Å². The number of aromatic amines is 1. The van der Waals surface area contributed by atoms with E-state index in [0.29, 0.717) is 0 Å². The number of aliphatic hydroxyl groups excluding tert-OH is 1. The molecule has 1 saturated heterocycles. The maximum atomic E-state index is 13.6. The summed E-state index contributed by atoms with van der Waals surface area (Å²) in [6.45, 7) is 5.63. The molecule has 0 radical (unpaired) electrons. The van der Waals surface area contributed by atoms with Crippen molar-refractivity contribution in [3.63, 3.8) is 0 Å². The molecule has 1 aromatic carbocycles. The first kappa shape index (κ1) is 29.4. The van der Waals surface area contributed by atoms with Gasteiger partial charge in [-0.1, -0.05) is 41.4 Å². The lowest BCUT2D eigenvalue weighted by atomic mass is 10.1. The lowest BCUT2D eigenvalue weighted by Gasteiger charge is -2.25. The number of carbonyl (C=O) groups is 1. The number of aliphatic hydroxyl groups is 1. The lowest BCUT2D eigenvalue weighted by molar-refractivity contribution is -0.149. The number of H-pyrrole nitrogens is 1. The molecule has 1 fully saturated rings. The lowest BCUT2D eigenvalue weighted by Crippen LogP contribution is -2.42. The highest BCUT2D eigenvalue weighted by Crippen LogP contribution is 2.49. The molecule has 3 rings (SSSR count). The average Bonchev–Trinajstić information content (AvgIpc) is 3.03. The molecule has 0 saturated carbocycles. The van der Waals surface area contributed by atoms with Gasteiger partial charge in [-0.3, -0.25) is 23.7 Å². The van der Waals surface area contributed by atoms with Crippen molar-refractivity contribution in [2.24, 2.45) is 0 Å². The zero-order valence-corrected chi connectivity index (χ0v) is 22.8. The normalized spacial score (nSPS) is 23.4. The van der Waals surface area contributed by atoms with Crippen LogP contribution in [0.2, 0.25) is 0 Å². The maximum absolute atomic E-state index is 13.6. The third-order valence-electron chi connectivity index (χ3n) is 5.21. The Kier molecular flexibility index (Phi) is 9.28. The number of ether oxygens (including phenoxy) is 2. The van der Waals surface area contributed by atoms with Crippen LogP contribution in [0.3, 0.4) is 0 Å². The maximum Gasteiger partial charge on any atom is 0.459 e. The van der Waals surface area contributed by atoms with Crippen LogP contribution in [0.25, 0.3) is 0 Å². The second-order valence-electron chi connectivity index (χ2n) is 8.66. The van der Waals surface area contributed by atoms with Crippen molar-refractivity contribution in [1.29, 1.82) is 0 Å². The van der Waals surface area contributed by atoms with E-state index >= 15 is 0 Å². The molecule has 1 aromatic heterocycles. The van der Waals surface area contributed by atoms with Crippen LogP contribution in [-0.2, 0) is 23.4 Å². The van der Waals surface area contributed by atoms with Crippen molar-refractivity contribution < 1.29 is 33.0 Å². The van der Waals surface area contributed by atoms with Crippen LogP contribution in [0.4, 0.5) is 0 Å². The third-order valence-corrected chi connectivity index (χ3v) is 7.68. The number of benzene rings is 1. The Balaban J connectivity index is 1.82. The fraction of sp³-hybridized carbons (Fsp3) is 0.500. The van der Waals surface area contributed by atoms with E-state index in [2.05, 4.69) is 10.1 Å². The van der Waals surface area contributed by atoms with Crippen molar-refractivity contribution in [3.05, 3.63) is 62.9 Å². The number of aromatic nitrogens is 2. The number of esters is 1. The Morgan fingerprint density at radius 2 is 1.92 bits per heavy atom. The molecule has 1 aliphatic heterocycles. The van der Waals surface area contributed by atoms with Gasteiger partial charge in [0.15, 0.2) is 10.6 Å². The molecular weight excluding hydrogens is 552 g/mol. The monoisotopic (exact) mass is 579 g/mol. The fourth-order valence-electron chi connectivity index (χ4n) is 3.37. The van der Waals surface area contributed by atoms with Gasteiger partial charge in [0.25, 0.3) is 5.56 Å². The Morgan fingerprint density at radius 1 is 1.27 bits per heavy atom. The molecule has 204 valence electrons. The largest absolute Gasteiger partial charge is 0.462 e. The van der Waals surface area contributed by atoms with Gasteiger partial charge in [-0.2, -0.15) is 5.09 Å². The quantitative estimate of drug-likeness (QED) is 0.217. The van der Waals surface area contributed by atoms with E-state index in [1.807, 2.05) is 0 Å². The van der Waals surface area contributed by atoms with Gasteiger partial charge in [-0.25, -0.2) is 9.36 Å². The van der Waals surface area contributed by atoms with E-state index in [9.17, 15) is 24.1 Å². The molecule has 5 atom stereocenters. The van der Waals surface area contributed by atoms with Crippen molar-refractivity contribution in [1.82, 2.24) is 14.6 Å². The number of nitrogens with one attached hydrogen (secondary N) is 2. The highest BCUT2D eigenvalue weighted by Gasteiger charge is 2.56. The Bertz CT molecular complexity index is 1270. The summed E-state index contributed by atoms with van der Waals surface area (Å²) < 4.78 is 34.4. The first-order valence-electron chi connectivity index (χ1n) is 11.2. The molecule has 0 amide bonds. The minimum Gasteiger partial charge on any atom is -0.462 e. The minimum absolute atomic E-state index is 0.174. The SMILES string of the molecule is Cc1cn([C@@H]2O[C@H](COP(=O)(NC(C)C(=O)OC(C)C)Oc3ccccc3)[C@@H](O)C2(Cl)Cl)c(=O)[nH]c1=O. The number of rotatable bonds is 10. The number of aryl methyl sites for hydroxylation is 1. The minimum atomic E-state index is -4.28. The summed E-state index contributed by atoms with van der Waals surface area (Å²) >= 11 is 12.7. The highest BCUT2D eigenvalue weighted by atomic mass is 35.5. The molecular formula is C22H28Cl2N3O9P. The van der Waals surface area contributed by atoms with Gasteiger partial charge in [0.2, 0.25) is 0 Å². The number of halogens is 2. The summed E-state index contributed by atoms with van der Waals surface area (Å²) in [6.07, 6.45) is -3.55. The van der Waals surface area contributed by atoms with Crippen molar-refractivity contribution in [3.8, 4) is 5.75 Å². The van der Waals surface area contributed by atoms with Crippen LogP contribution < -0.4 is 20.9 Å². The van der Waals surface area contributed by atoms with E-state index < -0.39 is 66.5 Å². The summed E-state index contributed by atoms with van der Waals surface area (Å²) in [6, 6.07) is 6.96. The molecule has 3 N–H and O–H groups in total. The summed E-state index contributed by atoms with van der Waals surface area (Å²) in [7, 11) is -4.28. The van der Waals surface area contributed by atoms with E-state index in [1.165, 1.54) is 32.2 Å². The van der Waals surface area contributed by atoms with Gasteiger partial charge < -0.3 is 19.1 Å². The van der Waals surface area contributed by atoms with Crippen LogP contribution >= 0.6 is 30.9 Å². The molecule has 1 aliphatic rings. The molecule has 0 bridgehead atoms. The topological polar surface area (TPSA) is 158 Å². The van der Waals surface area contributed by atoms with Crippen LogP contribution in [0, 0.1) is 6.92 Å². The molecule has 0 spiro atoms. The average molecular weight is 580 g/mol.